The molecular formula is C25H21NO3. The summed E-state index contributed by atoms with van der Waals surface area (Å²) >= 11 is 0. The average Bonchev–Trinajstić information content (AvgIpc) is 3.14. The molecule has 0 fully saturated rings. The van der Waals surface area contributed by atoms with Crippen molar-refractivity contribution in [1.29, 1.82) is 0 Å². The summed E-state index contributed by atoms with van der Waals surface area (Å²) in [7, 11) is 0. The number of aryl methyl sites for hydroxylation is 1. The maximum atomic E-state index is 10.6. The number of aromatic hydroxyl groups is 1. The molecule has 0 amide bonds. The minimum Gasteiger partial charge on any atom is -0.507 e. The van der Waals surface area contributed by atoms with E-state index in [0.29, 0.717) is 23.7 Å². The Morgan fingerprint density at radius 2 is 1.79 bits per heavy atom. The zero-order valence-corrected chi connectivity index (χ0v) is 16.1. The Morgan fingerprint density at radius 3 is 2.48 bits per heavy atom. The summed E-state index contributed by atoms with van der Waals surface area (Å²) in [5.74, 6) is 1.20. The van der Waals surface area contributed by atoms with E-state index in [4.69, 9.17) is 9.26 Å². The molecule has 0 aliphatic rings. The summed E-state index contributed by atoms with van der Waals surface area (Å²) in [5.41, 5.74) is 5.31. The second-order valence-electron chi connectivity index (χ2n) is 6.75. The van der Waals surface area contributed by atoms with Crippen LogP contribution >= 0.6 is 0 Å². The Labute approximate surface area is 169 Å². The summed E-state index contributed by atoms with van der Waals surface area (Å²) in [6.45, 7) is 6.05. The lowest BCUT2D eigenvalue weighted by atomic mass is 9.99. The van der Waals surface area contributed by atoms with E-state index in [0.717, 1.165) is 27.9 Å². The first-order valence-electron chi connectivity index (χ1n) is 9.35. The van der Waals surface area contributed by atoms with E-state index in [2.05, 4.69) is 11.7 Å². The monoisotopic (exact) mass is 383 g/mol. The van der Waals surface area contributed by atoms with Crippen molar-refractivity contribution in [2.45, 2.75) is 13.5 Å². The molecule has 29 heavy (non-hydrogen) atoms. The lowest BCUT2D eigenvalue weighted by molar-refractivity contribution is 0.304. The van der Waals surface area contributed by atoms with Crippen molar-refractivity contribution in [1.82, 2.24) is 5.16 Å². The van der Waals surface area contributed by atoms with E-state index in [9.17, 15) is 5.11 Å². The SMILES string of the molecule is C=Cc1ccc(COc2ccc(-c3onc(C)c3-c3ccccc3)c(O)c2)cc1. The van der Waals surface area contributed by atoms with Gasteiger partial charge in [-0.05, 0) is 35.7 Å². The summed E-state index contributed by atoms with van der Waals surface area (Å²) < 4.78 is 11.4. The maximum absolute atomic E-state index is 10.6. The minimum absolute atomic E-state index is 0.0813. The van der Waals surface area contributed by atoms with Gasteiger partial charge in [0.15, 0.2) is 5.76 Å². The molecule has 0 saturated heterocycles. The van der Waals surface area contributed by atoms with Crippen LogP contribution in [-0.2, 0) is 6.61 Å². The quantitative estimate of drug-likeness (QED) is 0.428. The third kappa shape index (κ3) is 3.92. The van der Waals surface area contributed by atoms with E-state index < -0.39 is 0 Å². The Balaban J connectivity index is 1.57. The molecule has 0 spiro atoms. The average molecular weight is 383 g/mol. The van der Waals surface area contributed by atoms with Gasteiger partial charge in [-0.1, -0.05) is 72.4 Å². The van der Waals surface area contributed by atoms with Gasteiger partial charge < -0.3 is 14.4 Å². The molecule has 3 aromatic carbocycles. The molecule has 4 rings (SSSR count). The molecule has 4 nitrogen and oxygen atoms in total. The lowest BCUT2D eigenvalue weighted by Gasteiger charge is -2.10. The number of rotatable bonds is 6. The molecular weight excluding hydrogens is 362 g/mol. The molecule has 0 radical (unpaired) electrons. The number of aromatic nitrogens is 1. The molecule has 1 N–H and O–H groups in total. The number of benzene rings is 3. The van der Waals surface area contributed by atoms with Crippen LogP contribution in [0, 0.1) is 6.92 Å². The zero-order chi connectivity index (χ0) is 20.2. The van der Waals surface area contributed by atoms with Crippen LogP contribution in [0.3, 0.4) is 0 Å². The number of nitrogens with zero attached hydrogens (tertiary/aromatic N) is 1. The number of phenolic OH excluding ortho intramolecular Hbond substituents is 1. The fraction of sp³-hybridized carbons (Fsp3) is 0.0800. The standard InChI is InChI=1S/C25H21NO3/c1-3-18-9-11-19(12-10-18)16-28-21-13-14-22(23(27)15-21)25-24(17(2)26-29-25)20-7-5-4-6-8-20/h3-15,27H,1,16H2,2H3. The van der Waals surface area contributed by atoms with Crippen molar-refractivity contribution in [2.24, 2.45) is 0 Å². The smallest absolute Gasteiger partial charge is 0.178 e. The molecule has 4 heteroatoms. The van der Waals surface area contributed by atoms with Crippen LogP contribution in [0.1, 0.15) is 16.8 Å². The first-order valence-corrected chi connectivity index (χ1v) is 9.35. The van der Waals surface area contributed by atoms with Crippen LogP contribution in [0.5, 0.6) is 11.5 Å². The molecule has 1 heterocycles. The summed E-state index contributed by atoms with van der Waals surface area (Å²) in [6, 6.07) is 23.0. The van der Waals surface area contributed by atoms with Crippen molar-refractivity contribution in [3.63, 3.8) is 0 Å². The Bertz CT molecular complexity index is 1130. The van der Waals surface area contributed by atoms with Crippen molar-refractivity contribution in [3.8, 4) is 33.9 Å². The van der Waals surface area contributed by atoms with E-state index >= 15 is 0 Å². The Kier molecular flexibility index (Phi) is 5.16. The fourth-order valence-electron chi connectivity index (χ4n) is 3.21. The van der Waals surface area contributed by atoms with Crippen molar-refractivity contribution >= 4 is 6.08 Å². The van der Waals surface area contributed by atoms with E-state index in [1.165, 1.54) is 0 Å². The van der Waals surface area contributed by atoms with Gasteiger partial charge in [0, 0.05) is 6.07 Å². The molecule has 4 aromatic rings. The number of phenols is 1. The van der Waals surface area contributed by atoms with Gasteiger partial charge in [0.1, 0.15) is 18.1 Å². The predicted octanol–water partition coefficient (Wildman–Crippen LogP) is 6.24. The van der Waals surface area contributed by atoms with Gasteiger partial charge >= 0.3 is 0 Å². The lowest BCUT2D eigenvalue weighted by Crippen LogP contribution is -1.95. The Morgan fingerprint density at radius 1 is 1.03 bits per heavy atom. The van der Waals surface area contributed by atoms with Crippen LogP contribution in [0.4, 0.5) is 0 Å². The van der Waals surface area contributed by atoms with Gasteiger partial charge in [0.05, 0.1) is 16.8 Å². The molecule has 0 aliphatic heterocycles. The second-order valence-corrected chi connectivity index (χ2v) is 6.75. The molecule has 1 aromatic heterocycles. The molecule has 0 unspecified atom stereocenters. The fourth-order valence-corrected chi connectivity index (χ4v) is 3.21. The van der Waals surface area contributed by atoms with E-state index in [1.807, 2.05) is 67.6 Å². The molecule has 144 valence electrons. The number of hydrogen-bond donors (Lipinski definition) is 1. The van der Waals surface area contributed by atoms with Gasteiger partial charge in [0.25, 0.3) is 0 Å². The van der Waals surface area contributed by atoms with Crippen molar-refractivity contribution < 1.29 is 14.4 Å². The summed E-state index contributed by atoms with van der Waals surface area (Å²) in [5, 5.41) is 14.7. The molecule has 0 saturated carbocycles. The van der Waals surface area contributed by atoms with Gasteiger partial charge in [0.2, 0.25) is 0 Å². The molecule has 0 atom stereocenters. The van der Waals surface area contributed by atoms with Crippen molar-refractivity contribution in [3.05, 3.63) is 96.2 Å². The van der Waals surface area contributed by atoms with Crippen molar-refractivity contribution in [2.75, 3.05) is 0 Å². The highest BCUT2D eigenvalue weighted by Crippen LogP contribution is 2.40. The van der Waals surface area contributed by atoms with Gasteiger partial charge in [-0.25, -0.2) is 0 Å². The minimum atomic E-state index is 0.0813. The van der Waals surface area contributed by atoms with Crippen LogP contribution in [0.25, 0.3) is 28.5 Å². The highest BCUT2D eigenvalue weighted by Gasteiger charge is 2.19. The molecule has 0 aliphatic carbocycles. The largest absolute Gasteiger partial charge is 0.507 e. The highest BCUT2D eigenvalue weighted by atomic mass is 16.5. The number of hydrogen-bond acceptors (Lipinski definition) is 4. The van der Waals surface area contributed by atoms with Gasteiger partial charge in [-0.2, -0.15) is 0 Å². The van der Waals surface area contributed by atoms with Crippen LogP contribution in [0.2, 0.25) is 0 Å². The third-order valence-corrected chi connectivity index (χ3v) is 4.76. The van der Waals surface area contributed by atoms with Gasteiger partial charge in [-0.15, -0.1) is 0 Å². The summed E-state index contributed by atoms with van der Waals surface area (Å²) in [4.78, 5) is 0. The first-order chi connectivity index (χ1) is 14.2. The topological polar surface area (TPSA) is 55.5 Å². The van der Waals surface area contributed by atoms with Gasteiger partial charge in [-0.3, -0.25) is 0 Å². The summed E-state index contributed by atoms with van der Waals surface area (Å²) in [6.07, 6.45) is 1.80. The number of ether oxygens (including phenoxy) is 1. The second kappa shape index (κ2) is 8.07. The predicted molar refractivity (Wildman–Crippen MR) is 115 cm³/mol. The molecule has 0 bridgehead atoms. The highest BCUT2D eigenvalue weighted by molar-refractivity contribution is 5.83. The Hall–Kier alpha value is -3.79. The van der Waals surface area contributed by atoms with E-state index in [-0.39, 0.29) is 5.75 Å². The maximum Gasteiger partial charge on any atom is 0.178 e. The third-order valence-electron chi connectivity index (χ3n) is 4.76. The van der Waals surface area contributed by atoms with Crippen LogP contribution in [0.15, 0.2) is 83.9 Å². The zero-order valence-electron chi connectivity index (χ0n) is 16.1. The normalized spacial score (nSPS) is 10.7. The first kappa shape index (κ1) is 18.6. The van der Waals surface area contributed by atoms with E-state index in [1.54, 1.807) is 18.2 Å². The van der Waals surface area contributed by atoms with Crippen LogP contribution < -0.4 is 4.74 Å². The van der Waals surface area contributed by atoms with Crippen LogP contribution in [-0.4, -0.2) is 10.3 Å².